The fourth-order valence-electron chi connectivity index (χ4n) is 3.75. The average Bonchev–Trinajstić information content (AvgIpc) is 3.00. The van der Waals surface area contributed by atoms with Gasteiger partial charge < -0.3 is 10.0 Å². The molecular weight excluding hydrogens is 312 g/mol. The maximum atomic E-state index is 12.4. The maximum Gasteiger partial charge on any atom is 0.222 e. The Bertz CT molecular complexity index is 544. The van der Waals surface area contributed by atoms with Crippen LogP contribution in [-0.4, -0.2) is 59.1 Å². The van der Waals surface area contributed by atoms with Crippen molar-refractivity contribution < 1.29 is 9.90 Å². The molecule has 5 heteroatoms. The van der Waals surface area contributed by atoms with E-state index < -0.39 is 0 Å². The third kappa shape index (κ3) is 4.06. The Kier molecular flexibility index (Phi) is 5.57. The van der Waals surface area contributed by atoms with E-state index in [0.29, 0.717) is 18.9 Å². The standard InChI is InChI=1S/C18H25ClN2O2/c19-15-5-2-1-4-14(15)8-9-18(23)21-12-10-20(11-13-21)16-6-3-7-17(16)22/h1-2,4-5,16-17,22H,3,6-13H2. The minimum absolute atomic E-state index is 0.183. The molecule has 3 rings (SSSR count). The minimum atomic E-state index is -0.183. The van der Waals surface area contributed by atoms with E-state index in [0.717, 1.165) is 56.0 Å². The van der Waals surface area contributed by atoms with Gasteiger partial charge in [0.1, 0.15) is 0 Å². The quantitative estimate of drug-likeness (QED) is 0.917. The Labute approximate surface area is 143 Å². The van der Waals surface area contributed by atoms with Crippen molar-refractivity contribution in [2.24, 2.45) is 0 Å². The van der Waals surface area contributed by atoms with Crippen molar-refractivity contribution in [1.82, 2.24) is 9.80 Å². The summed E-state index contributed by atoms with van der Waals surface area (Å²) in [6.45, 7) is 3.29. The van der Waals surface area contributed by atoms with Crippen molar-refractivity contribution in [2.75, 3.05) is 26.2 Å². The van der Waals surface area contributed by atoms with Gasteiger partial charge in [-0.15, -0.1) is 0 Å². The third-order valence-electron chi connectivity index (χ3n) is 5.15. The predicted molar refractivity (Wildman–Crippen MR) is 91.6 cm³/mol. The Balaban J connectivity index is 1.46. The normalized spacial score (nSPS) is 25.7. The number of aryl methyl sites for hydroxylation is 1. The molecule has 1 heterocycles. The number of hydrogen-bond donors (Lipinski definition) is 1. The Morgan fingerprint density at radius 1 is 1.17 bits per heavy atom. The molecule has 0 bridgehead atoms. The smallest absolute Gasteiger partial charge is 0.222 e. The van der Waals surface area contributed by atoms with Gasteiger partial charge >= 0.3 is 0 Å². The van der Waals surface area contributed by atoms with Crippen LogP contribution in [-0.2, 0) is 11.2 Å². The summed E-state index contributed by atoms with van der Waals surface area (Å²) in [6, 6.07) is 8.01. The van der Waals surface area contributed by atoms with Crippen molar-refractivity contribution in [2.45, 2.75) is 44.2 Å². The first-order valence-corrected chi connectivity index (χ1v) is 8.96. The van der Waals surface area contributed by atoms with Crippen LogP contribution < -0.4 is 0 Å². The van der Waals surface area contributed by atoms with Gasteiger partial charge in [0.05, 0.1) is 6.10 Å². The van der Waals surface area contributed by atoms with Gasteiger partial charge in [0.2, 0.25) is 5.91 Å². The number of carbonyl (C=O) groups excluding carboxylic acids is 1. The van der Waals surface area contributed by atoms with E-state index in [4.69, 9.17) is 11.6 Å². The van der Waals surface area contributed by atoms with Crippen LogP contribution in [0.1, 0.15) is 31.2 Å². The number of halogens is 1. The van der Waals surface area contributed by atoms with Crippen LogP contribution in [0.15, 0.2) is 24.3 Å². The molecule has 0 spiro atoms. The van der Waals surface area contributed by atoms with Gasteiger partial charge in [-0.25, -0.2) is 0 Å². The number of carbonyl (C=O) groups is 1. The van der Waals surface area contributed by atoms with Crippen molar-refractivity contribution in [3.8, 4) is 0 Å². The Morgan fingerprint density at radius 3 is 2.57 bits per heavy atom. The highest BCUT2D eigenvalue weighted by atomic mass is 35.5. The Morgan fingerprint density at radius 2 is 1.91 bits per heavy atom. The van der Waals surface area contributed by atoms with Gasteiger partial charge in [0, 0.05) is 43.7 Å². The SMILES string of the molecule is O=C(CCc1ccccc1Cl)N1CCN(C2CCCC2O)CC1. The van der Waals surface area contributed by atoms with Crippen molar-refractivity contribution in [3.63, 3.8) is 0 Å². The molecule has 2 fully saturated rings. The molecule has 2 atom stereocenters. The summed E-state index contributed by atoms with van der Waals surface area (Å²) >= 11 is 6.14. The molecule has 1 saturated carbocycles. The molecule has 1 saturated heterocycles. The number of nitrogens with zero attached hydrogens (tertiary/aromatic N) is 2. The summed E-state index contributed by atoms with van der Waals surface area (Å²) in [5.41, 5.74) is 1.04. The van der Waals surface area contributed by atoms with Crippen LogP contribution in [0, 0.1) is 0 Å². The van der Waals surface area contributed by atoms with E-state index in [1.807, 2.05) is 29.2 Å². The molecular formula is C18H25ClN2O2. The average molecular weight is 337 g/mol. The first-order valence-electron chi connectivity index (χ1n) is 8.58. The van der Waals surface area contributed by atoms with Gasteiger partial charge in [-0.3, -0.25) is 9.69 Å². The van der Waals surface area contributed by atoms with E-state index in [9.17, 15) is 9.90 Å². The maximum absolute atomic E-state index is 12.4. The minimum Gasteiger partial charge on any atom is -0.391 e. The summed E-state index contributed by atoms with van der Waals surface area (Å²) in [7, 11) is 0. The van der Waals surface area contributed by atoms with Crippen molar-refractivity contribution in [1.29, 1.82) is 0 Å². The summed E-state index contributed by atoms with van der Waals surface area (Å²) in [6.07, 6.45) is 4.14. The van der Waals surface area contributed by atoms with Crippen LogP contribution in [0.5, 0.6) is 0 Å². The molecule has 1 aliphatic heterocycles. The molecule has 4 nitrogen and oxygen atoms in total. The van der Waals surface area contributed by atoms with Crippen LogP contribution in [0.3, 0.4) is 0 Å². The fourth-order valence-corrected chi connectivity index (χ4v) is 3.98. The largest absolute Gasteiger partial charge is 0.391 e. The lowest BCUT2D eigenvalue weighted by molar-refractivity contribution is -0.133. The van der Waals surface area contributed by atoms with Crippen LogP contribution in [0.4, 0.5) is 0 Å². The van der Waals surface area contributed by atoms with Gasteiger partial charge in [0.15, 0.2) is 0 Å². The molecule has 1 aliphatic carbocycles. The second kappa shape index (κ2) is 7.65. The fraction of sp³-hybridized carbons (Fsp3) is 0.611. The molecule has 1 amide bonds. The predicted octanol–water partition coefficient (Wildman–Crippen LogP) is 2.33. The zero-order chi connectivity index (χ0) is 16.2. The molecule has 0 radical (unpaired) electrons. The van der Waals surface area contributed by atoms with Crippen LogP contribution in [0.2, 0.25) is 5.02 Å². The number of hydrogen-bond acceptors (Lipinski definition) is 3. The van der Waals surface area contributed by atoms with E-state index in [2.05, 4.69) is 4.90 Å². The molecule has 1 N–H and O–H groups in total. The number of amides is 1. The molecule has 126 valence electrons. The highest BCUT2D eigenvalue weighted by Crippen LogP contribution is 2.25. The number of aliphatic hydroxyl groups is 1. The second-order valence-corrected chi connectivity index (χ2v) is 6.98. The number of piperazine rings is 1. The molecule has 23 heavy (non-hydrogen) atoms. The topological polar surface area (TPSA) is 43.8 Å². The number of rotatable bonds is 4. The molecule has 1 aromatic rings. The zero-order valence-electron chi connectivity index (χ0n) is 13.5. The van der Waals surface area contributed by atoms with E-state index in [1.165, 1.54) is 0 Å². The third-order valence-corrected chi connectivity index (χ3v) is 5.51. The molecule has 2 unspecified atom stereocenters. The Hall–Kier alpha value is -1.10. The van der Waals surface area contributed by atoms with Gasteiger partial charge in [-0.2, -0.15) is 0 Å². The van der Waals surface area contributed by atoms with E-state index in [-0.39, 0.29) is 12.0 Å². The summed E-state index contributed by atoms with van der Waals surface area (Å²) in [4.78, 5) is 16.7. The summed E-state index contributed by atoms with van der Waals surface area (Å²) < 4.78 is 0. The monoisotopic (exact) mass is 336 g/mol. The van der Waals surface area contributed by atoms with E-state index in [1.54, 1.807) is 0 Å². The molecule has 0 aromatic heterocycles. The van der Waals surface area contributed by atoms with Gasteiger partial charge in [0.25, 0.3) is 0 Å². The summed E-state index contributed by atoms with van der Waals surface area (Å²) in [5.74, 6) is 0.205. The lowest BCUT2D eigenvalue weighted by atomic mass is 10.1. The van der Waals surface area contributed by atoms with Gasteiger partial charge in [-0.05, 0) is 37.3 Å². The number of benzene rings is 1. The first-order chi connectivity index (χ1) is 11.1. The zero-order valence-corrected chi connectivity index (χ0v) is 14.2. The lowest BCUT2D eigenvalue weighted by Crippen LogP contribution is -2.53. The second-order valence-electron chi connectivity index (χ2n) is 6.57. The van der Waals surface area contributed by atoms with Gasteiger partial charge in [-0.1, -0.05) is 29.8 Å². The van der Waals surface area contributed by atoms with Crippen molar-refractivity contribution >= 4 is 17.5 Å². The molecule has 2 aliphatic rings. The highest BCUT2D eigenvalue weighted by Gasteiger charge is 2.33. The lowest BCUT2D eigenvalue weighted by Gasteiger charge is -2.39. The highest BCUT2D eigenvalue weighted by molar-refractivity contribution is 6.31. The van der Waals surface area contributed by atoms with Crippen LogP contribution >= 0.6 is 11.6 Å². The first kappa shape index (κ1) is 16.7. The van der Waals surface area contributed by atoms with E-state index >= 15 is 0 Å². The summed E-state index contributed by atoms with van der Waals surface area (Å²) in [5, 5.41) is 10.8. The molecule has 1 aromatic carbocycles. The van der Waals surface area contributed by atoms with Crippen molar-refractivity contribution in [3.05, 3.63) is 34.9 Å². The number of aliphatic hydroxyl groups excluding tert-OH is 1. The van der Waals surface area contributed by atoms with Crippen LogP contribution in [0.25, 0.3) is 0 Å².